The molecule has 0 spiro atoms. The van der Waals surface area contributed by atoms with E-state index in [0.29, 0.717) is 22.4 Å². The topological polar surface area (TPSA) is 67.5 Å². The first kappa shape index (κ1) is 18.2. The van der Waals surface area contributed by atoms with Gasteiger partial charge in [0, 0.05) is 5.75 Å². The molecule has 0 atom stereocenters. The van der Waals surface area contributed by atoms with E-state index in [2.05, 4.69) is 25.8 Å². The molecule has 0 aliphatic carbocycles. The molecule has 1 N–H and O–H groups in total. The standard InChI is InChI=1S/C18H13F3N6S/c19-18(20,21)14-8-6-12(7-9-14)10-22-23-16-24-25-17-27(16)26-15(11-28-17)13-4-2-1-3-5-13/h1-10H,11H2,(H,23,24)/b22-10+. The lowest BCUT2D eigenvalue weighted by Crippen LogP contribution is -2.14. The number of hydrazone groups is 1. The van der Waals surface area contributed by atoms with Crippen molar-refractivity contribution in [1.82, 2.24) is 14.9 Å². The van der Waals surface area contributed by atoms with Crippen LogP contribution in [0.2, 0.25) is 0 Å². The molecular formula is C18H13F3N6S. The van der Waals surface area contributed by atoms with E-state index in [0.717, 1.165) is 23.4 Å². The zero-order valence-electron chi connectivity index (χ0n) is 14.3. The van der Waals surface area contributed by atoms with Gasteiger partial charge in [0.15, 0.2) is 0 Å². The highest BCUT2D eigenvalue weighted by atomic mass is 32.2. The van der Waals surface area contributed by atoms with Crippen molar-refractivity contribution in [3.05, 3.63) is 71.3 Å². The van der Waals surface area contributed by atoms with Crippen LogP contribution in [0.4, 0.5) is 19.1 Å². The van der Waals surface area contributed by atoms with Crippen LogP contribution in [0, 0.1) is 0 Å². The van der Waals surface area contributed by atoms with Crippen LogP contribution in [0.15, 0.2) is 70.0 Å². The van der Waals surface area contributed by atoms with Crippen LogP contribution in [0.25, 0.3) is 0 Å². The minimum atomic E-state index is -4.36. The van der Waals surface area contributed by atoms with Crippen LogP contribution in [0.5, 0.6) is 0 Å². The fourth-order valence-corrected chi connectivity index (χ4v) is 3.33. The number of benzene rings is 2. The number of nitrogens with one attached hydrogen (secondary N) is 1. The van der Waals surface area contributed by atoms with Crippen molar-refractivity contribution in [3.63, 3.8) is 0 Å². The smallest absolute Gasteiger partial charge is 0.244 e. The molecule has 3 aromatic rings. The number of hydrogen-bond donors (Lipinski definition) is 1. The van der Waals surface area contributed by atoms with Gasteiger partial charge in [-0.1, -0.05) is 54.2 Å². The molecule has 1 aliphatic rings. The summed E-state index contributed by atoms with van der Waals surface area (Å²) in [6.45, 7) is 0. The molecule has 28 heavy (non-hydrogen) atoms. The molecule has 0 bridgehead atoms. The first-order chi connectivity index (χ1) is 13.5. The summed E-state index contributed by atoms with van der Waals surface area (Å²) < 4.78 is 39.3. The van der Waals surface area contributed by atoms with Crippen LogP contribution < -0.4 is 5.43 Å². The molecule has 1 aromatic heterocycles. The van der Waals surface area contributed by atoms with E-state index in [1.807, 2.05) is 30.3 Å². The number of halogens is 3. The second-order valence-corrected chi connectivity index (χ2v) is 6.75. The summed E-state index contributed by atoms with van der Waals surface area (Å²) in [4.78, 5) is 0. The molecule has 1 aliphatic heterocycles. The number of nitrogens with zero attached hydrogens (tertiary/aromatic N) is 5. The van der Waals surface area contributed by atoms with Gasteiger partial charge in [-0.15, -0.1) is 10.2 Å². The van der Waals surface area contributed by atoms with Crippen molar-refractivity contribution in [1.29, 1.82) is 0 Å². The van der Waals surface area contributed by atoms with Gasteiger partial charge in [-0.05, 0) is 23.3 Å². The summed E-state index contributed by atoms with van der Waals surface area (Å²) in [5, 5.41) is 17.3. The lowest BCUT2D eigenvalue weighted by atomic mass is 10.1. The number of alkyl halides is 3. The van der Waals surface area contributed by atoms with Crippen molar-refractivity contribution < 1.29 is 13.2 Å². The van der Waals surface area contributed by atoms with E-state index in [9.17, 15) is 13.2 Å². The third-order valence-electron chi connectivity index (χ3n) is 3.89. The molecule has 0 amide bonds. The van der Waals surface area contributed by atoms with Crippen LogP contribution in [-0.2, 0) is 6.18 Å². The molecule has 0 radical (unpaired) electrons. The van der Waals surface area contributed by atoms with E-state index in [1.165, 1.54) is 30.1 Å². The van der Waals surface area contributed by atoms with Crippen molar-refractivity contribution in [2.45, 2.75) is 11.3 Å². The number of rotatable bonds is 4. The molecular weight excluding hydrogens is 389 g/mol. The normalized spacial score (nSPS) is 14.0. The Morgan fingerprint density at radius 1 is 1.04 bits per heavy atom. The largest absolute Gasteiger partial charge is 0.416 e. The number of hydrogen-bond acceptors (Lipinski definition) is 6. The number of aromatic nitrogens is 3. The summed E-state index contributed by atoms with van der Waals surface area (Å²) in [6, 6.07) is 14.5. The van der Waals surface area contributed by atoms with Crippen molar-refractivity contribution in [2.24, 2.45) is 10.2 Å². The average molecular weight is 402 g/mol. The summed E-state index contributed by atoms with van der Waals surface area (Å²) >= 11 is 1.51. The monoisotopic (exact) mass is 402 g/mol. The molecule has 4 rings (SSSR count). The second-order valence-electron chi connectivity index (χ2n) is 5.81. The molecule has 0 saturated heterocycles. The summed E-state index contributed by atoms with van der Waals surface area (Å²) in [6.07, 6.45) is -2.96. The fraction of sp³-hybridized carbons (Fsp3) is 0.111. The van der Waals surface area contributed by atoms with Gasteiger partial charge >= 0.3 is 6.18 Å². The van der Waals surface area contributed by atoms with Crippen LogP contribution in [-0.4, -0.2) is 32.6 Å². The Hall–Kier alpha value is -3.14. The first-order valence-electron chi connectivity index (χ1n) is 8.18. The van der Waals surface area contributed by atoms with Gasteiger partial charge in [0.05, 0.1) is 17.5 Å². The van der Waals surface area contributed by atoms with E-state index >= 15 is 0 Å². The van der Waals surface area contributed by atoms with Gasteiger partial charge in [-0.3, -0.25) is 0 Å². The maximum Gasteiger partial charge on any atom is 0.416 e. The summed E-state index contributed by atoms with van der Waals surface area (Å²) in [7, 11) is 0. The molecule has 0 saturated carbocycles. The summed E-state index contributed by atoms with van der Waals surface area (Å²) in [5.41, 5.74) is 4.44. The second kappa shape index (κ2) is 7.47. The molecule has 0 unspecified atom stereocenters. The minimum absolute atomic E-state index is 0.318. The molecule has 2 aromatic carbocycles. The Labute approximate surface area is 162 Å². The number of anilines is 1. The Kier molecular flexibility index (Phi) is 4.86. The minimum Gasteiger partial charge on any atom is -0.244 e. The van der Waals surface area contributed by atoms with Crippen molar-refractivity contribution in [2.75, 3.05) is 11.2 Å². The first-order valence-corrected chi connectivity index (χ1v) is 9.17. The highest BCUT2D eigenvalue weighted by Crippen LogP contribution is 2.29. The van der Waals surface area contributed by atoms with Gasteiger partial charge in [-0.25, -0.2) is 5.43 Å². The molecule has 2 heterocycles. The highest BCUT2D eigenvalue weighted by molar-refractivity contribution is 7.99. The fourth-order valence-electron chi connectivity index (χ4n) is 2.49. The van der Waals surface area contributed by atoms with Gasteiger partial charge in [0.2, 0.25) is 5.16 Å². The van der Waals surface area contributed by atoms with E-state index < -0.39 is 11.7 Å². The Morgan fingerprint density at radius 3 is 2.50 bits per heavy atom. The van der Waals surface area contributed by atoms with E-state index in [4.69, 9.17) is 0 Å². The predicted octanol–water partition coefficient (Wildman–Crippen LogP) is 4.10. The SMILES string of the molecule is FC(F)(F)c1ccc(/C=N/Nc2nnc3n2N=C(c2ccccc2)CS3)cc1. The predicted molar refractivity (Wildman–Crippen MR) is 102 cm³/mol. The molecule has 10 heteroatoms. The lowest BCUT2D eigenvalue weighted by molar-refractivity contribution is -0.137. The third kappa shape index (κ3) is 3.91. The lowest BCUT2D eigenvalue weighted by Gasteiger charge is -2.13. The number of thioether (sulfide) groups is 1. The van der Waals surface area contributed by atoms with Gasteiger partial charge in [-0.2, -0.15) is 28.1 Å². The maximum absolute atomic E-state index is 12.6. The molecule has 0 fully saturated rings. The van der Waals surface area contributed by atoms with Crippen molar-refractivity contribution in [3.8, 4) is 0 Å². The van der Waals surface area contributed by atoms with Crippen LogP contribution in [0.3, 0.4) is 0 Å². The zero-order chi connectivity index (χ0) is 19.6. The van der Waals surface area contributed by atoms with E-state index in [-0.39, 0.29) is 0 Å². The zero-order valence-corrected chi connectivity index (χ0v) is 15.1. The Morgan fingerprint density at radius 2 is 1.79 bits per heavy atom. The van der Waals surface area contributed by atoms with Crippen LogP contribution >= 0.6 is 11.8 Å². The highest BCUT2D eigenvalue weighted by Gasteiger charge is 2.29. The average Bonchev–Trinajstić information content (AvgIpc) is 3.11. The van der Waals surface area contributed by atoms with Gasteiger partial charge < -0.3 is 0 Å². The Balaban J connectivity index is 1.50. The van der Waals surface area contributed by atoms with Crippen LogP contribution in [0.1, 0.15) is 16.7 Å². The quantitative estimate of drug-likeness (QED) is 0.527. The van der Waals surface area contributed by atoms with Crippen molar-refractivity contribution >= 4 is 29.6 Å². The Bertz CT molecular complexity index is 1030. The van der Waals surface area contributed by atoms with E-state index in [1.54, 1.807) is 4.68 Å². The molecule has 142 valence electrons. The number of fused-ring (bicyclic) bond motifs is 1. The van der Waals surface area contributed by atoms with Gasteiger partial charge in [0.25, 0.3) is 5.95 Å². The molecule has 6 nitrogen and oxygen atoms in total. The summed E-state index contributed by atoms with van der Waals surface area (Å²) in [5.74, 6) is 0.996. The third-order valence-corrected chi connectivity index (χ3v) is 4.82. The maximum atomic E-state index is 12.6. The van der Waals surface area contributed by atoms with Gasteiger partial charge in [0.1, 0.15) is 0 Å².